The van der Waals surface area contributed by atoms with E-state index in [-0.39, 0.29) is 10.5 Å². The normalized spacial score (nSPS) is 11.0. The van der Waals surface area contributed by atoms with Crippen molar-refractivity contribution < 1.29 is 22.9 Å². The second-order valence-electron chi connectivity index (χ2n) is 3.14. The van der Waals surface area contributed by atoms with Crippen LogP contribution in [0.1, 0.15) is 10.4 Å². The topological polar surface area (TPSA) is 116 Å². The molecule has 1 rings (SSSR count). The number of rotatable bonds is 4. The van der Waals surface area contributed by atoms with Crippen molar-refractivity contribution in [2.45, 2.75) is 4.90 Å². The van der Waals surface area contributed by atoms with E-state index >= 15 is 0 Å². The fourth-order valence-corrected chi connectivity index (χ4v) is 2.14. The van der Waals surface area contributed by atoms with E-state index in [1.165, 1.54) is 0 Å². The Hall–Kier alpha value is -2.00. The average molecular weight is 274 g/mol. The van der Waals surface area contributed by atoms with Crippen LogP contribution in [-0.4, -0.2) is 33.5 Å². The molecule has 1 aromatic rings. The number of esters is 1. The smallest absolute Gasteiger partial charge is 0.339 e. The van der Waals surface area contributed by atoms with Gasteiger partial charge in [0.15, 0.2) is 0 Å². The van der Waals surface area contributed by atoms with E-state index in [2.05, 4.69) is 4.74 Å². The van der Waals surface area contributed by atoms with Crippen LogP contribution in [0.25, 0.3) is 0 Å². The van der Waals surface area contributed by atoms with E-state index in [1.807, 2.05) is 4.72 Å². The number of carbonyl (C=O) groups is 1. The lowest BCUT2D eigenvalue weighted by Crippen LogP contribution is -2.22. The molecule has 0 aliphatic rings. The molecule has 18 heavy (non-hydrogen) atoms. The number of ether oxygens (including phenoxy) is 1. The maximum absolute atomic E-state index is 11.6. The predicted molar refractivity (Wildman–Crippen MR) is 60.7 cm³/mol. The number of nitro benzene ring substituents is 1. The van der Waals surface area contributed by atoms with E-state index in [1.54, 1.807) is 0 Å². The molecule has 1 aromatic carbocycles. The summed E-state index contributed by atoms with van der Waals surface area (Å²) in [6, 6.07) is 2.84. The molecule has 9 heteroatoms. The first-order valence-corrected chi connectivity index (χ1v) is 6.12. The Kier molecular flexibility index (Phi) is 3.99. The van der Waals surface area contributed by atoms with E-state index < -0.39 is 26.6 Å². The summed E-state index contributed by atoms with van der Waals surface area (Å²) in [7, 11) is -1.68. The van der Waals surface area contributed by atoms with E-state index in [9.17, 15) is 23.3 Å². The van der Waals surface area contributed by atoms with Crippen molar-refractivity contribution in [3.05, 3.63) is 33.9 Å². The highest BCUT2D eigenvalue weighted by Gasteiger charge is 2.24. The van der Waals surface area contributed by atoms with Crippen LogP contribution in [-0.2, 0) is 14.8 Å². The van der Waals surface area contributed by atoms with Crippen LogP contribution in [0.3, 0.4) is 0 Å². The van der Waals surface area contributed by atoms with Gasteiger partial charge >= 0.3 is 5.97 Å². The Morgan fingerprint density at radius 3 is 2.50 bits per heavy atom. The Bertz CT molecular complexity index is 595. The van der Waals surface area contributed by atoms with Gasteiger partial charge in [0.1, 0.15) is 0 Å². The number of sulfonamides is 1. The number of benzene rings is 1. The third-order valence-corrected chi connectivity index (χ3v) is 3.61. The number of nitro groups is 1. The molecule has 1 N–H and O–H groups in total. The summed E-state index contributed by atoms with van der Waals surface area (Å²) in [6.07, 6.45) is 0. The lowest BCUT2D eigenvalue weighted by atomic mass is 10.2. The number of non-ortho nitro benzene ring substituents is 1. The van der Waals surface area contributed by atoms with Gasteiger partial charge in [-0.25, -0.2) is 17.9 Å². The summed E-state index contributed by atoms with van der Waals surface area (Å²) in [5.74, 6) is -0.965. The Morgan fingerprint density at radius 2 is 2.06 bits per heavy atom. The van der Waals surface area contributed by atoms with Crippen molar-refractivity contribution in [1.82, 2.24) is 4.72 Å². The summed E-state index contributed by atoms with van der Waals surface area (Å²) < 4.78 is 29.7. The molecule has 0 aliphatic carbocycles. The maximum atomic E-state index is 11.6. The molecule has 0 radical (unpaired) electrons. The Morgan fingerprint density at radius 1 is 1.44 bits per heavy atom. The van der Waals surface area contributed by atoms with Crippen LogP contribution in [0, 0.1) is 10.1 Å². The van der Waals surface area contributed by atoms with Crippen LogP contribution in [0.4, 0.5) is 5.69 Å². The number of hydrogen-bond donors (Lipinski definition) is 1. The number of methoxy groups -OCH3 is 1. The highest BCUT2D eigenvalue weighted by atomic mass is 32.2. The summed E-state index contributed by atoms with van der Waals surface area (Å²) in [5, 5.41) is 10.6. The van der Waals surface area contributed by atoms with Crippen LogP contribution >= 0.6 is 0 Å². The maximum Gasteiger partial charge on any atom is 0.339 e. The third-order valence-electron chi connectivity index (χ3n) is 2.14. The lowest BCUT2D eigenvalue weighted by molar-refractivity contribution is -0.384. The van der Waals surface area contributed by atoms with E-state index in [0.29, 0.717) is 0 Å². The minimum absolute atomic E-state index is 0.373. The van der Waals surface area contributed by atoms with Crippen molar-refractivity contribution in [2.24, 2.45) is 0 Å². The van der Waals surface area contributed by atoms with Crippen molar-refractivity contribution >= 4 is 21.7 Å². The van der Waals surface area contributed by atoms with Gasteiger partial charge in [0.05, 0.1) is 22.5 Å². The summed E-state index contributed by atoms with van der Waals surface area (Å²) in [5.41, 5.74) is -0.786. The molecule has 0 saturated heterocycles. The predicted octanol–water partition coefficient (Wildman–Crippen LogP) is 0.289. The number of nitrogens with zero attached hydrogens (tertiary/aromatic N) is 1. The van der Waals surface area contributed by atoms with Gasteiger partial charge in [-0.05, 0) is 13.1 Å². The highest BCUT2D eigenvalue weighted by molar-refractivity contribution is 7.89. The molecule has 0 aromatic heterocycles. The molecular formula is C9H10N2O6S. The monoisotopic (exact) mass is 274 g/mol. The SMILES string of the molecule is CNS(=O)(=O)c1ccc([N+](=O)[O-])cc1C(=O)OC. The quantitative estimate of drug-likeness (QED) is 0.479. The van der Waals surface area contributed by atoms with E-state index in [0.717, 1.165) is 32.4 Å². The molecule has 8 nitrogen and oxygen atoms in total. The molecule has 0 saturated carbocycles. The summed E-state index contributed by atoms with van der Waals surface area (Å²) in [4.78, 5) is 20.9. The van der Waals surface area contributed by atoms with Crippen molar-refractivity contribution in [3.63, 3.8) is 0 Å². The summed E-state index contributed by atoms with van der Waals surface area (Å²) >= 11 is 0. The van der Waals surface area contributed by atoms with Gasteiger partial charge in [0, 0.05) is 12.1 Å². The van der Waals surface area contributed by atoms with Crippen LogP contribution in [0.5, 0.6) is 0 Å². The van der Waals surface area contributed by atoms with Gasteiger partial charge in [0.2, 0.25) is 10.0 Å². The first-order chi connectivity index (χ1) is 8.33. The number of nitrogens with one attached hydrogen (secondary N) is 1. The summed E-state index contributed by atoms with van der Waals surface area (Å²) in [6.45, 7) is 0. The third kappa shape index (κ3) is 2.63. The molecule has 0 bridgehead atoms. The van der Waals surface area contributed by atoms with Crippen LogP contribution in [0.2, 0.25) is 0 Å². The Labute approximate surface area is 103 Å². The highest BCUT2D eigenvalue weighted by Crippen LogP contribution is 2.22. The minimum atomic E-state index is -3.90. The molecular weight excluding hydrogens is 264 g/mol. The second-order valence-corrected chi connectivity index (χ2v) is 4.99. The zero-order valence-corrected chi connectivity index (χ0v) is 10.4. The molecule has 0 heterocycles. The molecule has 0 amide bonds. The minimum Gasteiger partial charge on any atom is -0.465 e. The molecule has 0 atom stereocenters. The van der Waals surface area contributed by atoms with Crippen LogP contribution in [0.15, 0.2) is 23.1 Å². The molecule has 0 unspecified atom stereocenters. The fraction of sp³-hybridized carbons (Fsp3) is 0.222. The van der Waals surface area contributed by atoms with Gasteiger partial charge in [-0.1, -0.05) is 0 Å². The molecule has 0 aliphatic heterocycles. The van der Waals surface area contributed by atoms with Gasteiger partial charge < -0.3 is 4.74 Å². The fourth-order valence-electron chi connectivity index (χ4n) is 1.25. The van der Waals surface area contributed by atoms with Gasteiger partial charge in [-0.2, -0.15) is 0 Å². The first-order valence-electron chi connectivity index (χ1n) is 4.63. The lowest BCUT2D eigenvalue weighted by Gasteiger charge is -2.07. The molecule has 98 valence electrons. The van der Waals surface area contributed by atoms with Crippen molar-refractivity contribution in [2.75, 3.05) is 14.2 Å². The van der Waals surface area contributed by atoms with Crippen molar-refractivity contribution in [3.8, 4) is 0 Å². The van der Waals surface area contributed by atoms with Gasteiger partial charge in [-0.15, -0.1) is 0 Å². The average Bonchev–Trinajstić information content (AvgIpc) is 2.36. The van der Waals surface area contributed by atoms with Crippen LogP contribution < -0.4 is 4.72 Å². The largest absolute Gasteiger partial charge is 0.465 e. The standard InChI is InChI=1S/C9H10N2O6S/c1-10-18(15,16)8-4-3-6(11(13)14)5-7(8)9(12)17-2/h3-5,10H,1-2H3. The zero-order valence-electron chi connectivity index (χ0n) is 9.54. The van der Waals surface area contributed by atoms with Crippen molar-refractivity contribution in [1.29, 1.82) is 0 Å². The first kappa shape index (κ1) is 14.1. The Balaban J connectivity index is 3.54. The van der Waals surface area contributed by atoms with Gasteiger partial charge in [-0.3, -0.25) is 10.1 Å². The number of hydrogen-bond acceptors (Lipinski definition) is 6. The second kappa shape index (κ2) is 5.10. The number of carbonyl (C=O) groups excluding carboxylic acids is 1. The molecule has 0 spiro atoms. The van der Waals surface area contributed by atoms with E-state index in [4.69, 9.17) is 0 Å². The van der Waals surface area contributed by atoms with Gasteiger partial charge in [0.25, 0.3) is 5.69 Å². The zero-order chi connectivity index (χ0) is 13.9. The molecule has 0 fully saturated rings.